The van der Waals surface area contributed by atoms with Gasteiger partial charge in [0.05, 0.1) is 0 Å². The molecule has 2 atom stereocenters. The van der Waals surface area contributed by atoms with Crippen molar-refractivity contribution >= 4 is 10.3 Å². The Morgan fingerprint density at radius 2 is 2.00 bits per heavy atom. The molecule has 0 aliphatic heterocycles. The summed E-state index contributed by atoms with van der Waals surface area (Å²) in [7, 11) is -4.17. The molecule has 16 heavy (non-hydrogen) atoms. The Balaban J connectivity index is 2.86. The summed E-state index contributed by atoms with van der Waals surface area (Å²) in [6, 6.07) is 5.47. The van der Waals surface area contributed by atoms with E-state index in [2.05, 4.69) is 9.32 Å². The number of aliphatic hydroxyl groups is 1. The van der Waals surface area contributed by atoms with Crippen LogP contribution in [0.4, 0.5) is 4.39 Å². The first-order valence-corrected chi connectivity index (χ1v) is 5.92. The first-order chi connectivity index (χ1) is 7.31. The molecule has 0 bridgehead atoms. The summed E-state index contributed by atoms with van der Waals surface area (Å²) in [5, 5.41) is 14.3. The summed E-state index contributed by atoms with van der Waals surface area (Å²) in [6.45, 7) is 1.28. The number of halogens is 1. The van der Waals surface area contributed by atoms with Crippen LogP contribution in [0.15, 0.2) is 24.3 Å². The summed E-state index contributed by atoms with van der Waals surface area (Å²) in [5.41, 5.74) is -0.0429. The van der Waals surface area contributed by atoms with E-state index in [1.165, 1.54) is 25.1 Å². The Kier molecular flexibility index (Phi) is 3.98. The quantitative estimate of drug-likeness (QED) is 0.811. The average Bonchev–Trinajstić information content (AvgIpc) is 2.15. The zero-order chi connectivity index (χ0) is 12.3. The van der Waals surface area contributed by atoms with Crippen LogP contribution >= 0.6 is 0 Å². The van der Waals surface area contributed by atoms with E-state index in [4.69, 9.17) is 0 Å². The second kappa shape index (κ2) is 4.88. The Morgan fingerprint density at radius 1 is 1.44 bits per heavy atom. The van der Waals surface area contributed by atoms with Crippen LogP contribution in [0.1, 0.15) is 18.6 Å². The maximum atomic E-state index is 13.2. The van der Waals surface area contributed by atoms with E-state index in [1.807, 2.05) is 0 Å². The van der Waals surface area contributed by atoms with Crippen LogP contribution in [0.25, 0.3) is 0 Å². The Morgan fingerprint density at radius 3 is 2.50 bits per heavy atom. The molecular formula is C9H12FNO4S. The third kappa shape index (κ3) is 3.53. The molecule has 0 heterocycles. The van der Waals surface area contributed by atoms with Gasteiger partial charge in [-0.05, 0) is 13.0 Å². The lowest BCUT2D eigenvalue weighted by molar-refractivity contribution is 0.0483. The Bertz CT molecular complexity index is 462. The average molecular weight is 249 g/mol. The van der Waals surface area contributed by atoms with Crippen molar-refractivity contribution < 1.29 is 22.1 Å². The van der Waals surface area contributed by atoms with Gasteiger partial charge in [-0.3, -0.25) is 4.18 Å². The molecule has 0 radical (unpaired) electrons. The summed E-state index contributed by atoms with van der Waals surface area (Å²) in [5.74, 6) is -0.639. The van der Waals surface area contributed by atoms with E-state index < -0.39 is 28.3 Å². The van der Waals surface area contributed by atoms with Gasteiger partial charge in [0.2, 0.25) is 0 Å². The Hall–Kier alpha value is -1.02. The number of nitrogens with two attached hydrogens (primary N) is 1. The lowest BCUT2D eigenvalue weighted by atomic mass is 10.1. The lowest BCUT2D eigenvalue weighted by Crippen LogP contribution is -2.27. The van der Waals surface area contributed by atoms with Gasteiger partial charge in [0.15, 0.2) is 0 Å². The third-order valence-electron chi connectivity index (χ3n) is 1.95. The molecule has 0 fully saturated rings. The van der Waals surface area contributed by atoms with Gasteiger partial charge < -0.3 is 5.11 Å². The predicted octanol–water partition coefficient (Wildman–Crippen LogP) is 0.468. The highest BCUT2D eigenvalue weighted by molar-refractivity contribution is 7.84. The smallest absolute Gasteiger partial charge is 0.333 e. The van der Waals surface area contributed by atoms with E-state index in [0.717, 1.165) is 6.07 Å². The van der Waals surface area contributed by atoms with Crippen LogP contribution < -0.4 is 5.14 Å². The van der Waals surface area contributed by atoms with Gasteiger partial charge in [0.25, 0.3) is 0 Å². The van der Waals surface area contributed by atoms with Gasteiger partial charge >= 0.3 is 10.3 Å². The normalized spacial score (nSPS) is 15.8. The number of hydrogen-bond donors (Lipinski definition) is 2. The highest BCUT2D eigenvalue weighted by atomic mass is 32.2. The van der Waals surface area contributed by atoms with Gasteiger partial charge in [0, 0.05) is 5.56 Å². The minimum absolute atomic E-state index is 0.0429. The highest BCUT2D eigenvalue weighted by Crippen LogP contribution is 2.22. The monoisotopic (exact) mass is 249 g/mol. The van der Waals surface area contributed by atoms with Crippen molar-refractivity contribution in [2.75, 3.05) is 0 Å². The molecule has 0 unspecified atom stereocenters. The third-order valence-corrected chi connectivity index (χ3v) is 2.53. The van der Waals surface area contributed by atoms with Gasteiger partial charge in [-0.15, -0.1) is 0 Å². The molecule has 3 N–H and O–H groups in total. The van der Waals surface area contributed by atoms with Gasteiger partial charge in [-0.2, -0.15) is 8.42 Å². The van der Waals surface area contributed by atoms with Crippen LogP contribution in [0.3, 0.4) is 0 Å². The van der Waals surface area contributed by atoms with Crippen molar-refractivity contribution in [3.8, 4) is 0 Å². The number of aliphatic hydroxyl groups excluding tert-OH is 1. The number of benzene rings is 1. The number of rotatable bonds is 4. The fourth-order valence-corrected chi connectivity index (χ4v) is 1.76. The van der Waals surface area contributed by atoms with Crippen LogP contribution in [0.5, 0.6) is 0 Å². The van der Waals surface area contributed by atoms with Crippen molar-refractivity contribution in [1.82, 2.24) is 0 Å². The molecule has 5 nitrogen and oxygen atoms in total. The van der Waals surface area contributed by atoms with Gasteiger partial charge in [0.1, 0.15) is 18.0 Å². The molecular weight excluding hydrogens is 237 g/mol. The molecule has 0 saturated carbocycles. The van der Waals surface area contributed by atoms with E-state index in [9.17, 15) is 17.9 Å². The minimum atomic E-state index is -4.17. The number of hydrogen-bond acceptors (Lipinski definition) is 4. The minimum Gasteiger partial charge on any atom is -0.386 e. The molecule has 7 heteroatoms. The Labute approximate surface area is 92.9 Å². The maximum Gasteiger partial charge on any atom is 0.333 e. The summed E-state index contributed by atoms with van der Waals surface area (Å²) < 4.78 is 38.8. The summed E-state index contributed by atoms with van der Waals surface area (Å²) in [4.78, 5) is 0. The second-order valence-electron chi connectivity index (χ2n) is 3.26. The molecule has 0 saturated heterocycles. The fraction of sp³-hybridized carbons (Fsp3) is 0.333. The summed E-state index contributed by atoms with van der Waals surface area (Å²) >= 11 is 0. The first kappa shape index (κ1) is 13.0. The zero-order valence-electron chi connectivity index (χ0n) is 8.50. The van der Waals surface area contributed by atoms with E-state index in [1.54, 1.807) is 0 Å². The van der Waals surface area contributed by atoms with Crippen molar-refractivity contribution in [3.63, 3.8) is 0 Å². The van der Waals surface area contributed by atoms with Gasteiger partial charge in [-0.1, -0.05) is 18.2 Å². The maximum absolute atomic E-state index is 13.2. The van der Waals surface area contributed by atoms with Crippen LogP contribution in [-0.4, -0.2) is 19.6 Å². The summed E-state index contributed by atoms with van der Waals surface area (Å²) in [6.07, 6.45) is -2.56. The van der Waals surface area contributed by atoms with Crippen LogP contribution in [0, 0.1) is 5.82 Å². The first-order valence-electron chi connectivity index (χ1n) is 4.45. The van der Waals surface area contributed by atoms with E-state index in [-0.39, 0.29) is 5.56 Å². The van der Waals surface area contributed by atoms with Crippen molar-refractivity contribution in [2.45, 2.75) is 19.1 Å². The van der Waals surface area contributed by atoms with Crippen molar-refractivity contribution in [3.05, 3.63) is 35.6 Å². The standard InChI is InChI=1S/C9H12FNO4S/c1-6(15-16(11,13)14)9(12)7-4-2-3-5-8(7)10/h2-6,9,12H,1H3,(H2,11,13,14)/t6-,9+/m0/s1. The molecule has 1 aromatic rings. The molecule has 0 amide bonds. The van der Waals surface area contributed by atoms with Crippen LogP contribution in [-0.2, 0) is 14.5 Å². The van der Waals surface area contributed by atoms with E-state index >= 15 is 0 Å². The van der Waals surface area contributed by atoms with Crippen molar-refractivity contribution in [1.29, 1.82) is 0 Å². The zero-order valence-corrected chi connectivity index (χ0v) is 9.32. The van der Waals surface area contributed by atoms with Crippen molar-refractivity contribution in [2.24, 2.45) is 5.14 Å². The van der Waals surface area contributed by atoms with Gasteiger partial charge in [-0.25, -0.2) is 9.53 Å². The van der Waals surface area contributed by atoms with E-state index in [0.29, 0.717) is 0 Å². The molecule has 90 valence electrons. The molecule has 1 aromatic carbocycles. The highest BCUT2D eigenvalue weighted by Gasteiger charge is 2.23. The van der Waals surface area contributed by atoms with Crippen LogP contribution in [0.2, 0.25) is 0 Å². The predicted molar refractivity (Wildman–Crippen MR) is 55.0 cm³/mol. The largest absolute Gasteiger partial charge is 0.386 e. The lowest BCUT2D eigenvalue weighted by Gasteiger charge is -2.18. The second-order valence-corrected chi connectivity index (χ2v) is 4.44. The molecule has 0 aliphatic carbocycles. The molecule has 0 spiro atoms. The molecule has 0 aliphatic rings. The topological polar surface area (TPSA) is 89.6 Å². The SMILES string of the molecule is C[C@H](OS(N)(=O)=O)[C@@H](O)c1ccccc1F. The fourth-order valence-electron chi connectivity index (χ4n) is 1.23. The molecule has 1 rings (SSSR count). The molecule has 0 aromatic heterocycles.